The number of amides is 1. The van der Waals surface area contributed by atoms with E-state index in [-0.39, 0.29) is 5.91 Å². The van der Waals surface area contributed by atoms with E-state index in [1.165, 1.54) is 0 Å². The van der Waals surface area contributed by atoms with Crippen molar-refractivity contribution in [2.24, 2.45) is 11.7 Å². The minimum atomic E-state index is 0.0574. The van der Waals surface area contributed by atoms with Crippen LogP contribution in [0.3, 0.4) is 0 Å². The van der Waals surface area contributed by atoms with Crippen molar-refractivity contribution in [3.05, 3.63) is 18.2 Å². The Labute approximate surface area is 108 Å². The molecule has 1 heterocycles. The van der Waals surface area contributed by atoms with Crippen molar-refractivity contribution in [2.75, 3.05) is 13.1 Å². The Morgan fingerprint density at radius 3 is 2.89 bits per heavy atom. The second-order valence-electron chi connectivity index (χ2n) is 5.37. The van der Waals surface area contributed by atoms with Crippen LogP contribution >= 0.6 is 0 Å². The van der Waals surface area contributed by atoms with Gasteiger partial charge in [-0.2, -0.15) is 0 Å². The molecule has 18 heavy (non-hydrogen) atoms. The lowest BCUT2D eigenvalue weighted by atomic mass is 10.2. The summed E-state index contributed by atoms with van der Waals surface area (Å²) in [6.07, 6.45) is 5.73. The summed E-state index contributed by atoms with van der Waals surface area (Å²) in [5.41, 5.74) is 6.02. The molecule has 0 aliphatic heterocycles. The first-order chi connectivity index (χ1) is 8.61. The number of rotatable bonds is 6. The number of hydrogen-bond acceptors (Lipinski definition) is 3. The highest BCUT2D eigenvalue weighted by Gasteiger charge is 2.34. The molecule has 0 bridgehead atoms. The average Bonchev–Trinajstić information content (AvgIpc) is 3.06. The number of carbonyl (C=O) groups is 1. The largest absolute Gasteiger partial charge is 0.335 e. The van der Waals surface area contributed by atoms with Crippen molar-refractivity contribution in [1.82, 2.24) is 14.5 Å². The minimum Gasteiger partial charge on any atom is -0.335 e. The van der Waals surface area contributed by atoms with Gasteiger partial charge in [0, 0.05) is 31.9 Å². The summed E-state index contributed by atoms with van der Waals surface area (Å²) in [5.74, 6) is 0.544. The number of nitrogens with zero attached hydrogens (tertiary/aromatic N) is 3. The molecule has 2 N–H and O–H groups in total. The summed E-state index contributed by atoms with van der Waals surface area (Å²) < 4.78 is 1.87. The maximum Gasteiger partial charge on any atom is 0.274 e. The van der Waals surface area contributed by atoms with Gasteiger partial charge in [0.25, 0.3) is 5.91 Å². The Hall–Kier alpha value is -1.36. The van der Waals surface area contributed by atoms with Gasteiger partial charge in [0.15, 0.2) is 0 Å². The van der Waals surface area contributed by atoms with Gasteiger partial charge >= 0.3 is 0 Å². The third-order valence-electron chi connectivity index (χ3n) is 3.05. The van der Waals surface area contributed by atoms with Crippen molar-refractivity contribution in [3.8, 4) is 0 Å². The molecule has 1 saturated carbocycles. The summed E-state index contributed by atoms with van der Waals surface area (Å²) in [4.78, 5) is 18.6. The normalized spacial score (nSPS) is 15.1. The van der Waals surface area contributed by atoms with Crippen LogP contribution in [0.4, 0.5) is 0 Å². The fourth-order valence-electron chi connectivity index (χ4n) is 2.07. The highest BCUT2D eigenvalue weighted by molar-refractivity contribution is 5.92. The molecule has 1 aromatic rings. The molecule has 1 amide bonds. The number of nitrogens with two attached hydrogens (primary N) is 1. The molecule has 0 radical (unpaired) electrons. The quantitative estimate of drug-likeness (QED) is 0.822. The zero-order valence-corrected chi connectivity index (χ0v) is 11.2. The number of aromatic nitrogens is 2. The SMILES string of the molecule is CC(C)CN(C(=O)c1cn(CCN)cn1)C1CC1. The lowest BCUT2D eigenvalue weighted by Crippen LogP contribution is -2.36. The molecular formula is C13H22N4O. The van der Waals surface area contributed by atoms with Gasteiger partial charge < -0.3 is 15.2 Å². The van der Waals surface area contributed by atoms with Crippen LogP contribution in [0.2, 0.25) is 0 Å². The Bertz CT molecular complexity index is 409. The molecule has 0 atom stereocenters. The van der Waals surface area contributed by atoms with E-state index in [1.807, 2.05) is 9.47 Å². The summed E-state index contributed by atoms with van der Waals surface area (Å²) >= 11 is 0. The maximum atomic E-state index is 12.4. The molecule has 1 fully saturated rings. The van der Waals surface area contributed by atoms with Crippen molar-refractivity contribution >= 4 is 5.91 Å². The molecule has 1 aromatic heterocycles. The minimum absolute atomic E-state index is 0.0574. The van der Waals surface area contributed by atoms with Gasteiger partial charge in [0.1, 0.15) is 5.69 Å². The Kier molecular flexibility index (Phi) is 4.01. The molecule has 0 saturated heterocycles. The standard InChI is InChI=1S/C13H22N4O/c1-10(2)7-17(11-3-4-11)13(18)12-8-16(6-5-14)9-15-12/h8-11H,3-7,14H2,1-2H3. The molecule has 1 aliphatic rings. The summed E-state index contributed by atoms with van der Waals surface area (Å²) in [7, 11) is 0. The highest BCUT2D eigenvalue weighted by Crippen LogP contribution is 2.28. The van der Waals surface area contributed by atoms with Gasteiger partial charge in [-0.25, -0.2) is 4.98 Å². The molecule has 5 heteroatoms. The highest BCUT2D eigenvalue weighted by atomic mass is 16.2. The van der Waals surface area contributed by atoms with Crippen LogP contribution in [-0.4, -0.2) is 39.5 Å². The van der Waals surface area contributed by atoms with Crippen LogP contribution in [0.1, 0.15) is 37.2 Å². The third kappa shape index (κ3) is 3.10. The molecule has 100 valence electrons. The fraction of sp³-hybridized carbons (Fsp3) is 0.692. The maximum absolute atomic E-state index is 12.4. The van der Waals surface area contributed by atoms with Crippen LogP contribution in [0, 0.1) is 5.92 Å². The lowest BCUT2D eigenvalue weighted by Gasteiger charge is -2.23. The fourth-order valence-corrected chi connectivity index (χ4v) is 2.07. The van der Waals surface area contributed by atoms with Gasteiger partial charge in [-0.05, 0) is 18.8 Å². The van der Waals surface area contributed by atoms with Crippen molar-refractivity contribution in [3.63, 3.8) is 0 Å². The first-order valence-corrected chi connectivity index (χ1v) is 6.64. The van der Waals surface area contributed by atoms with Crippen molar-refractivity contribution in [1.29, 1.82) is 0 Å². The van der Waals surface area contributed by atoms with Crippen LogP contribution in [0.15, 0.2) is 12.5 Å². The van der Waals surface area contributed by atoms with E-state index in [4.69, 9.17) is 5.73 Å². The monoisotopic (exact) mass is 250 g/mol. The zero-order chi connectivity index (χ0) is 13.1. The van der Waals surface area contributed by atoms with E-state index >= 15 is 0 Å². The Morgan fingerprint density at radius 2 is 2.33 bits per heavy atom. The second-order valence-corrected chi connectivity index (χ2v) is 5.37. The van der Waals surface area contributed by atoms with Gasteiger partial charge in [-0.1, -0.05) is 13.8 Å². The van der Waals surface area contributed by atoms with Crippen LogP contribution in [0.25, 0.3) is 0 Å². The Balaban J connectivity index is 2.06. The zero-order valence-electron chi connectivity index (χ0n) is 11.2. The summed E-state index contributed by atoms with van der Waals surface area (Å²) in [5, 5.41) is 0. The molecule has 2 rings (SSSR count). The molecule has 1 aliphatic carbocycles. The molecule has 0 spiro atoms. The molecule has 5 nitrogen and oxygen atoms in total. The van der Waals surface area contributed by atoms with Gasteiger partial charge in [0.2, 0.25) is 0 Å². The van der Waals surface area contributed by atoms with E-state index in [1.54, 1.807) is 12.5 Å². The Morgan fingerprint density at radius 1 is 1.61 bits per heavy atom. The lowest BCUT2D eigenvalue weighted by molar-refractivity contribution is 0.0717. The summed E-state index contributed by atoms with van der Waals surface area (Å²) in [6.45, 7) is 6.34. The van der Waals surface area contributed by atoms with Crippen LogP contribution < -0.4 is 5.73 Å². The van der Waals surface area contributed by atoms with Gasteiger partial charge in [-0.3, -0.25) is 4.79 Å². The first-order valence-electron chi connectivity index (χ1n) is 6.64. The number of imidazole rings is 1. The van der Waals surface area contributed by atoms with Crippen LogP contribution in [-0.2, 0) is 6.54 Å². The topological polar surface area (TPSA) is 64.2 Å². The molecule has 0 unspecified atom stereocenters. The average molecular weight is 250 g/mol. The van der Waals surface area contributed by atoms with Crippen molar-refractivity contribution < 1.29 is 4.79 Å². The molecule has 0 aromatic carbocycles. The third-order valence-corrected chi connectivity index (χ3v) is 3.05. The van der Waals surface area contributed by atoms with Gasteiger partial charge in [0.05, 0.1) is 6.33 Å². The van der Waals surface area contributed by atoms with Crippen molar-refractivity contribution in [2.45, 2.75) is 39.3 Å². The number of carbonyl (C=O) groups excluding carboxylic acids is 1. The van der Waals surface area contributed by atoms with E-state index in [2.05, 4.69) is 18.8 Å². The van der Waals surface area contributed by atoms with E-state index in [9.17, 15) is 4.79 Å². The smallest absolute Gasteiger partial charge is 0.274 e. The van der Waals surface area contributed by atoms with E-state index < -0.39 is 0 Å². The van der Waals surface area contributed by atoms with Gasteiger partial charge in [-0.15, -0.1) is 0 Å². The predicted octanol–water partition coefficient (Wildman–Crippen LogP) is 1.10. The second kappa shape index (κ2) is 5.52. The predicted molar refractivity (Wildman–Crippen MR) is 70.2 cm³/mol. The molecular weight excluding hydrogens is 228 g/mol. The van der Waals surface area contributed by atoms with Crippen LogP contribution in [0.5, 0.6) is 0 Å². The van der Waals surface area contributed by atoms with E-state index in [0.717, 1.165) is 19.4 Å². The first kappa shape index (κ1) is 13.1. The summed E-state index contributed by atoms with van der Waals surface area (Å²) in [6, 6.07) is 0.430. The van der Waals surface area contributed by atoms with E-state index in [0.29, 0.717) is 30.7 Å². The number of hydrogen-bond donors (Lipinski definition) is 1.